The van der Waals surface area contributed by atoms with E-state index in [1.165, 1.54) is 5.56 Å². The van der Waals surface area contributed by atoms with Crippen molar-refractivity contribution in [3.8, 4) is 17.4 Å². The fraction of sp³-hybridized carbons (Fsp3) is 0.370. The third kappa shape index (κ3) is 5.38. The first kappa shape index (κ1) is 23.1. The molecule has 0 aliphatic carbocycles. The van der Waals surface area contributed by atoms with Crippen molar-refractivity contribution >= 4 is 22.9 Å². The van der Waals surface area contributed by atoms with Gasteiger partial charge in [-0.15, -0.1) is 0 Å². The maximum Gasteiger partial charge on any atom is 0.336 e. The van der Waals surface area contributed by atoms with Gasteiger partial charge in [0.05, 0.1) is 6.61 Å². The van der Waals surface area contributed by atoms with Gasteiger partial charge >= 0.3 is 11.9 Å². The van der Waals surface area contributed by atoms with Crippen molar-refractivity contribution < 1.29 is 28.3 Å². The smallest absolute Gasteiger partial charge is 0.336 e. The fourth-order valence-electron chi connectivity index (χ4n) is 4.62. The second-order valence-corrected chi connectivity index (χ2v) is 9.02. The van der Waals surface area contributed by atoms with Crippen LogP contribution in [0.3, 0.4) is 0 Å². The Bertz CT molecular complexity index is 1240. The summed E-state index contributed by atoms with van der Waals surface area (Å²) in [5.74, 6) is -0.0166. The van der Waals surface area contributed by atoms with Gasteiger partial charge in [0.2, 0.25) is 0 Å². The molecule has 2 bridgehead atoms. The standard InChI is InChI=1S/C27H28N2O6/c1-18-21-17-22-25(26(18)34-24(31)8-7-23(30)33-21)27(28-35-22)32-16-12-20-10-14-29(15-11-20)13-9-19-5-3-2-4-6-19/h2-8,17,20H,9-16H2,1H3/b8-7+. The Morgan fingerprint density at radius 1 is 1.06 bits per heavy atom. The Hall–Kier alpha value is -3.65. The van der Waals surface area contributed by atoms with Crippen LogP contribution in [0.5, 0.6) is 17.4 Å². The number of hydrogen-bond acceptors (Lipinski definition) is 8. The number of nitrogens with zero attached hydrogens (tertiary/aromatic N) is 2. The molecule has 8 nitrogen and oxygen atoms in total. The highest BCUT2D eigenvalue weighted by Gasteiger charge is 2.25. The van der Waals surface area contributed by atoms with Crippen molar-refractivity contribution in [2.24, 2.45) is 5.92 Å². The first-order chi connectivity index (χ1) is 17.1. The number of likely N-dealkylation sites (tertiary alicyclic amines) is 1. The molecule has 8 heteroatoms. The third-order valence-electron chi connectivity index (χ3n) is 6.69. The highest BCUT2D eigenvalue weighted by molar-refractivity contribution is 5.99. The van der Waals surface area contributed by atoms with Crippen LogP contribution in [-0.4, -0.2) is 48.2 Å². The van der Waals surface area contributed by atoms with Gasteiger partial charge in [-0.3, -0.25) is 0 Å². The second-order valence-electron chi connectivity index (χ2n) is 9.02. The number of benzene rings is 2. The van der Waals surface area contributed by atoms with Crippen LogP contribution < -0.4 is 14.2 Å². The molecule has 3 heterocycles. The summed E-state index contributed by atoms with van der Waals surface area (Å²) < 4.78 is 22.2. The van der Waals surface area contributed by atoms with E-state index >= 15 is 0 Å². The predicted molar refractivity (Wildman–Crippen MR) is 129 cm³/mol. The molecule has 182 valence electrons. The largest absolute Gasteiger partial charge is 0.475 e. The summed E-state index contributed by atoms with van der Waals surface area (Å²) in [6.45, 7) is 5.47. The van der Waals surface area contributed by atoms with Crippen LogP contribution in [0.15, 0.2) is 53.1 Å². The second kappa shape index (κ2) is 10.3. The van der Waals surface area contributed by atoms with E-state index in [1.54, 1.807) is 13.0 Å². The Morgan fingerprint density at radius 2 is 1.80 bits per heavy atom. The minimum absolute atomic E-state index is 0.227. The molecule has 1 aromatic heterocycles. The molecule has 2 aromatic carbocycles. The molecule has 2 aliphatic heterocycles. The van der Waals surface area contributed by atoms with Crippen LogP contribution in [0.25, 0.3) is 11.0 Å². The highest BCUT2D eigenvalue weighted by atomic mass is 16.6. The number of rotatable bonds is 7. The van der Waals surface area contributed by atoms with E-state index in [2.05, 4.69) is 40.4 Å². The van der Waals surface area contributed by atoms with Crippen LogP contribution in [0.2, 0.25) is 0 Å². The van der Waals surface area contributed by atoms with Crippen molar-refractivity contribution in [1.29, 1.82) is 0 Å². The van der Waals surface area contributed by atoms with E-state index in [0.29, 0.717) is 29.1 Å². The molecule has 0 N–H and O–H groups in total. The van der Waals surface area contributed by atoms with Crippen molar-refractivity contribution in [3.05, 3.63) is 59.7 Å². The van der Waals surface area contributed by atoms with Crippen LogP contribution in [-0.2, 0) is 16.0 Å². The lowest BCUT2D eigenvalue weighted by molar-refractivity contribution is -0.131. The lowest BCUT2D eigenvalue weighted by atomic mass is 9.93. The fourth-order valence-corrected chi connectivity index (χ4v) is 4.62. The Kier molecular flexibility index (Phi) is 6.81. The van der Waals surface area contributed by atoms with Gasteiger partial charge in [-0.05, 0) is 62.3 Å². The average Bonchev–Trinajstić information content (AvgIpc) is 3.28. The quantitative estimate of drug-likeness (QED) is 0.369. The molecule has 0 atom stereocenters. The van der Waals surface area contributed by atoms with Gasteiger partial charge in [0, 0.05) is 30.3 Å². The Balaban J connectivity index is 1.18. The molecule has 35 heavy (non-hydrogen) atoms. The van der Waals surface area contributed by atoms with Crippen molar-refractivity contribution in [3.63, 3.8) is 0 Å². The first-order valence-corrected chi connectivity index (χ1v) is 12.0. The molecule has 0 unspecified atom stereocenters. The highest BCUT2D eigenvalue weighted by Crippen LogP contribution is 2.42. The summed E-state index contributed by atoms with van der Waals surface area (Å²) in [5.41, 5.74) is 2.20. The Morgan fingerprint density at radius 3 is 2.57 bits per heavy atom. The molecule has 3 aromatic rings. The lowest BCUT2D eigenvalue weighted by Gasteiger charge is -2.31. The topological polar surface area (TPSA) is 91.1 Å². The van der Waals surface area contributed by atoms with E-state index in [1.807, 2.05) is 0 Å². The molecule has 0 saturated carbocycles. The zero-order valence-corrected chi connectivity index (χ0v) is 19.7. The van der Waals surface area contributed by atoms with Crippen LogP contribution >= 0.6 is 0 Å². The molecular formula is C27H28N2O6. The SMILES string of the molecule is Cc1c2cc3onc(OCCC4CCN(CCc5ccccc5)CC4)c3c1OC(=O)/C=C/C(=O)O2. The predicted octanol–water partition coefficient (Wildman–Crippen LogP) is 4.24. The van der Waals surface area contributed by atoms with Crippen LogP contribution in [0, 0.1) is 12.8 Å². The minimum Gasteiger partial charge on any atom is -0.475 e. The van der Waals surface area contributed by atoms with Gasteiger partial charge in [0.1, 0.15) is 11.1 Å². The van der Waals surface area contributed by atoms with Crippen LogP contribution in [0.1, 0.15) is 30.4 Å². The molecule has 0 radical (unpaired) electrons. The van der Waals surface area contributed by atoms with Crippen molar-refractivity contribution in [2.75, 3.05) is 26.2 Å². The van der Waals surface area contributed by atoms with E-state index in [0.717, 1.165) is 57.5 Å². The van der Waals surface area contributed by atoms with Gasteiger partial charge in [-0.25, -0.2) is 9.59 Å². The summed E-state index contributed by atoms with van der Waals surface area (Å²) in [7, 11) is 0. The zero-order chi connectivity index (χ0) is 24.2. The minimum atomic E-state index is -0.684. The maximum absolute atomic E-state index is 12.1. The number of esters is 2. The Labute approximate surface area is 203 Å². The van der Waals surface area contributed by atoms with Gasteiger partial charge in [-0.1, -0.05) is 30.3 Å². The number of fused-ring (bicyclic) bond motifs is 4. The molecule has 1 fully saturated rings. The summed E-state index contributed by atoms with van der Waals surface area (Å²) >= 11 is 0. The van der Waals surface area contributed by atoms with Gasteiger partial charge in [0.25, 0.3) is 5.88 Å². The number of aromatic nitrogens is 1. The molecule has 5 rings (SSSR count). The summed E-state index contributed by atoms with van der Waals surface area (Å²) in [5, 5.41) is 4.50. The normalized spacial score (nSPS) is 17.9. The summed E-state index contributed by atoms with van der Waals surface area (Å²) in [6.07, 6.45) is 6.33. The van der Waals surface area contributed by atoms with Gasteiger partial charge in [-0.2, -0.15) is 0 Å². The number of piperidine rings is 1. The molecule has 1 saturated heterocycles. The molecule has 2 aliphatic rings. The van der Waals surface area contributed by atoms with E-state index in [-0.39, 0.29) is 17.4 Å². The molecule has 0 amide bonds. The lowest BCUT2D eigenvalue weighted by Crippen LogP contribution is -2.35. The maximum atomic E-state index is 12.1. The van der Waals surface area contributed by atoms with Crippen molar-refractivity contribution in [1.82, 2.24) is 10.1 Å². The molecule has 0 spiro atoms. The van der Waals surface area contributed by atoms with Crippen molar-refractivity contribution in [2.45, 2.75) is 32.6 Å². The average molecular weight is 477 g/mol. The van der Waals surface area contributed by atoms with E-state index in [4.69, 9.17) is 18.7 Å². The van der Waals surface area contributed by atoms with Gasteiger partial charge in [0.15, 0.2) is 11.3 Å². The van der Waals surface area contributed by atoms with E-state index in [9.17, 15) is 9.59 Å². The third-order valence-corrected chi connectivity index (χ3v) is 6.69. The monoisotopic (exact) mass is 476 g/mol. The van der Waals surface area contributed by atoms with Crippen LogP contribution in [0.4, 0.5) is 0 Å². The van der Waals surface area contributed by atoms with Gasteiger partial charge < -0.3 is 23.6 Å². The summed E-state index contributed by atoms with van der Waals surface area (Å²) in [6, 6.07) is 12.2. The number of ether oxygens (including phenoxy) is 3. The zero-order valence-electron chi connectivity index (χ0n) is 19.7. The molecular weight excluding hydrogens is 448 g/mol. The summed E-state index contributed by atoms with van der Waals surface area (Å²) in [4.78, 5) is 26.5. The number of carbonyl (C=O) groups is 2. The number of hydrogen-bond donors (Lipinski definition) is 0. The number of carbonyl (C=O) groups excluding carboxylic acids is 2. The van der Waals surface area contributed by atoms with E-state index < -0.39 is 11.9 Å². The first-order valence-electron chi connectivity index (χ1n) is 12.0.